The molecule has 1 amide bonds. The van der Waals surface area contributed by atoms with Gasteiger partial charge in [-0.2, -0.15) is 5.26 Å². The molecule has 0 spiro atoms. The van der Waals surface area contributed by atoms with E-state index in [1.54, 1.807) is 19.1 Å². The van der Waals surface area contributed by atoms with Crippen molar-refractivity contribution in [1.82, 2.24) is 5.32 Å². The van der Waals surface area contributed by atoms with Crippen molar-refractivity contribution in [3.05, 3.63) is 29.8 Å². The lowest BCUT2D eigenvalue weighted by atomic mass is 9.90. The first kappa shape index (κ1) is 16.5. The number of carbonyl (C=O) groups excluding carboxylic acids is 2. The molecule has 0 heterocycles. The summed E-state index contributed by atoms with van der Waals surface area (Å²) in [5.74, 6) is -1.20. The predicted octanol–water partition coefficient (Wildman–Crippen LogP) is 1.48. The minimum Gasteiger partial charge on any atom is -0.452 e. The van der Waals surface area contributed by atoms with Gasteiger partial charge in [0.15, 0.2) is 6.61 Å². The zero-order chi connectivity index (χ0) is 16.0. The number of anilines is 1. The van der Waals surface area contributed by atoms with E-state index in [0.717, 1.165) is 0 Å². The molecule has 1 aromatic carbocycles. The normalized spacial score (nSPS) is 13.1. The van der Waals surface area contributed by atoms with Crippen LogP contribution in [0.5, 0.6) is 0 Å². The molecule has 0 aliphatic heterocycles. The topological polar surface area (TPSA) is 105 Å². The van der Waals surface area contributed by atoms with Gasteiger partial charge in [-0.1, -0.05) is 13.8 Å². The van der Waals surface area contributed by atoms with E-state index in [1.807, 2.05) is 19.9 Å². The molecule has 1 rings (SSSR count). The van der Waals surface area contributed by atoms with E-state index in [4.69, 9.17) is 15.7 Å². The van der Waals surface area contributed by atoms with Crippen LogP contribution >= 0.6 is 0 Å². The molecule has 0 unspecified atom stereocenters. The number of rotatable bonds is 5. The number of amides is 1. The summed E-state index contributed by atoms with van der Waals surface area (Å²) in [4.78, 5) is 23.5. The second-order valence-electron chi connectivity index (χ2n) is 5.22. The van der Waals surface area contributed by atoms with Crippen molar-refractivity contribution < 1.29 is 14.3 Å². The summed E-state index contributed by atoms with van der Waals surface area (Å²) < 4.78 is 4.90. The van der Waals surface area contributed by atoms with Crippen LogP contribution in [0.25, 0.3) is 0 Å². The van der Waals surface area contributed by atoms with Gasteiger partial charge in [-0.3, -0.25) is 4.79 Å². The van der Waals surface area contributed by atoms with Crippen LogP contribution in [0.15, 0.2) is 24.3 Å². The zero-order valence-corrected chi connectivity index (χ0v) is 12.3. The number of hydrogen-bond acceptors (Lipinski definition) is 5. The summed E-state index contributed by atoms with van der Waals surface area (Å²) in [7, 11) is 0. The van der Waals surface area contributed by atoms with Crippen molar-refractivity contribution in [2.24, 2.45) is 5.92 Å². The van der Waals surface area contributed by atoms with Gasteiger partial charge in [0.05, 0.1) is 11.6 Å². The Morgan fingerprint density at radius 2 is 1.95 bits per heavy atom. The molecule has 0 saturated carbocycles. The predicted molar refractivity (Wildman–Crippen MR) is 78.1 cm³/mol. The molecule has 6 nitrogen and oxygen atoms in total. The minimum absolute atomic E-state index is 0.0701. The lowest BCUT2D eigenvalue weighted by Crippen LogP contribution is -2.50. The van der Waals surface area contributed by atoms with Gasteiger partial charge >= 0.3 is 5.97 Å². The van der Waals surface area contributed by atoms with E-state index in [2.05, 4.69) is 5.32 Å². The first-order valence-corrected chi connectivity index (χ1v) is 6.53. The highest BCUT2D eigenvalue weighted by Crippen LogP contribution is 2.15. The highest BCUT2D eigenvalue weighted by molar-refractivity contribution is 5.91. The number of carbonyl (C=O) groups is 2. The molecule has 21 heavy (non-hydrogen) atoms. The Balaban J connectivity index is 2.55. The fourth-order valence-electron chi connectivity index (χ4n) is 1.46. The quantitative estimate of drug-likeness (QED) is 0.631. The Hall–Kier alpha value is -2.55. The second-order valence-corrected chi connectivity index (χ2v) is 5.22. The largest absolute Gasteiger partial charge is 0.452 e. The molecule has 112 valence electrons. The molecule has 0 saturated heterocycles. The number of nitriles is 1. The first-order chi connectivity index (χ1) is 9.78. The van der Waals surface area contributed by atoms with Crippen LogP contribution in [0.3, 0.4) is 0 Å². The van der Waals surface area contributed by atoms with Gasteiger partial charge < -0.3 is 15.8 Å². The number of nitrogen functional groups attached to an aromatic ring is 1. The second kappa shape index (κ2) is 6.75. The maximum atomic E-state index is 11.8. The van der Waals surface area contributed by atoms with Gasteiger partial charge in [0.25, 0.3) is 5.91 Å². The third-order valence-corrected chi connectivity index (χ3v) is 3.27. The van der Waals surface area contributed by atoms with E-state index in [-0.39, 0.29) is 5.92 Å². The molecule has 0 bridgehead atoms. The fourth-order valence-corrected chi connectivity index (χ4v) is 1.46. The van der Waals surface area contributed by atoms with E-state index < -0.39 is 24.0 Å². The molecule has 1 atom stereocenters. The van der Waals surface area contributed by atoms with Crippen LogP contribution in [-0.4, -0.2) is 24.0 Å². The lowest BCUT2D eigenvalue weighted by Gasteiger charge is -2.27. The van der Waals surface area contributed by atoms with Gasteiger partial charge in [-0.05, 0) is 37.1 Å². The molecule has 0 aliphatic rings. The van der Waals surface area contributed by atoms with Crippen LogP contribution in [0.1, 0.15) is 31.1 Å². The van der Waals surface area contributed by atoms with Crippen LogP contribution in [0.4, 0.5) is 5.69 Å². The Morgan fingerprint density at radius 3 is 2.43 bits per heavy atom. The standard InChI is InChI=1S/C15H19N3O3/c1-10(2)15(3,9-16)18-13(19)8-21-14(20)11-4-6-12(17)7-5-11/h4-7,10H,8,17H2,1-3H3,(H,18,19)/t15-/m0/s1. The van der Waals surface area contributed by atoms with Crippen LogP contribution in [-0.2, 0) is 9.53 Å². The van der Waals surface area contributed by atoms with E-state index in [0.29, 0.717) is 11.3 Å². The van der Waals surface area contributed by atoms with Crippen molar-refractivity contribution in [3.63, 3.8) is 0 Å². The van der Waals surface area contributed by atoms with Crippen molar-refractivity contribution in [2.45, 2.75) is 26.3 Å². The van der Waals surface area contributed by atoms with E-state index in [9.17, 15) is 9.59 Å². The van der Waals surface area contributed by atoms with Crippen LogP contribution in [0, 0.1) is 17.2 Å². The fraction of sp³-hybridized carbons (Fsp3) is 0.400. The third kappa shape index (κ3) is 4.49. The zero-order valence-electron chi connectivity index (χ0n) is 12.3. The Labute approximate surface area is 123 Å². The first-order valence-electron chi connectivity index (χ1n) is 6.53. The van der Waals surface area contributed by atoms with Crippen molar-refractivity contribution in [2.75, 3.05) is 12.3 Å². The summed E-state index contributed by atoms with van der Waals surface area (Å²) in [6, 6.07) is 8.23. The van der Waals surface area contributed by atoms with Crippen molar-refractivity contribution in [1.29, 1.82) is 5.26 Å². The third-order valence-electron chi connectivity index (χ3n) is 3.27. The average molecular weight is 289 g/mol. The number of esters is 1. The van der Waals surface area contributed by atoms with Gasteiger partial charge in [0.1, 0.15) is 5.54 Å². The number of nitrogens with two attached hydrogens (primary N) is 1. The van der Waals surface area contributed by atoms with Gasteiger partial charge in [0, 0.05) is 5.69 Å². The average Bonchev–Trinajstić information content (AvgIpc) is 2.45. The maximum absolute atomic E-state index is 11.8. The lowest BCUT2D eigenvalue weighted by molar-refractivity contribution is -0.125. The Kier molecular flexibility index (Phi) is 5.30. The smallest absolute Gasteiger partial charge is 0.338 e. The number of nitrogens with zero attached hydrogens (tertiary/aromatic N) is 1. The Morgan fingerprint density at radius 1 is 1.38 bits per heavy atom. The molecular formula is C15H19N3O3. The molecular weight excluding hydrogens is 270 g/mol. The number of ether oxygens (including phenoxy) is 1. The van der Waals surface area contributed by atoms with Crippen LogP contribution in [0.2, 0.25) is 0 Å². The van der Waals surface area contributed by atoms with Crippen LogP contribution < -0.4 is 11.1 Å². The molecule has 0 radical (unpaired) electrons. The molecule has 6 heteroatoms. The van der Waals surface area contributed by atoms with E-state index in [1.165, 1.54) is 12.1 Å². The Bertz CT molecular complexity index is 561. The summed E-state index contributed by atoms with van der Waals surface area (Å²) in [5.41, 5.74) is 5.36. The monoisotopic (exact) mass is 289 g/mol. The van der Waals surface area contributed by atoms with Crippen molar-refractivity contribution in [3.8, 4) is 6.07 Å². The SMILES string of the molecule is CC(C)[C@](C)(C#N)NC(=O)COC(=O)c1ccc(N)cc1. The summed E-state index contributed by atoms with van der Waals surface area (Å²) in [6.07, 6.45) is 0. The maximum Gasteiger partial charge on any atom is 0.338 e. The van der Waals surface area contributed by atoms with Gasteiger partial charge in [0.2, 0.25) is 0 Å². The molecule has 0 fully saturated rings. The minimum atomic E-state index is -0.995. The molecule has 0 aliphatic carbocycles. The summed E-state index contributed by atoms with van der Waals surface area (Å²) in [6.45, 7) is 4.83. The highest BCUT2D eigenvalue weighted by Gasteiger charge is 2.30. The summed E-state index contributed by atoms with van der Waals surface area (Å²) >= 11 is 0. The number of hydrogen-bond donors (Lipinski definition) is 2. The molecule has 0 aromatic heterocycles. The molecule has 1 aromatic rings. The summed E-state index contributed by atoms with van der Waals surface area (Å²) in [5, 5.41) is 11.7. The van der Waals surface area contributed by atoms with Gasteiger partial charge in [-0.25, -0.2) is 4.79 Å². The number of nitrogens with one attached hydrogen (secondary N) is 1. The highest BCUT2D eigenvalue weighted by atomic mass is 16.5. The van der Waals surface area contributed by atoms with E-state index >= 15 is 0 Å². The molecule has 3 N–H and O–H groups in total. The van der Waals surface area contributed by atoms with Gasteiger partial charge in [-0.15, -0.1) is 0 Å². The number of benzene rings is 1. The van der Waals surface area contributed by atoms with Crippen molar-refractivity contribution >= 4 is 17.6 Å².